The Bertz CT molecular complexity index is 818. The molecule has 1 heterocycles. The molecule has 2 aromatic carbocycles. The molecule has 0 saturated carbocycles. The number of carbonyl (C=O) groups excluding carboxylic acids is 1. The van der Waals surface area contributed by atoms with E-state index in [1.807, 2.05) is 36.4 Å². The lowest BCUT2D eigenvalue weighted by Gasteiger charge is -2.21. The summed E-state index contributed by atoms with van der Waals surface area (Å²) in [5.74, 6) is 2.50. The van der Waals surface area contributed by atoms with Crippen LogP contribution >= 0.6 is 0 Å². The monoisotopic (exact) mass is 355 g/mol. The highest BCUT2D eigenvalue weighted by molar-refractivity contribution is 6.09. The van der Waals surface area contributed by atoms with E-state index in [0.717, 1.165) is 11.3 Å². The van der Waals surface area contributed by atoms with Crippen LogP contribution < -0.4 is 19.5 Å². The zero-order valence-corrected chi connectivity index (χ0v) is 15.0. The molecule has 0 saturated heterocycles. The summed E-state index contributed by atoms with van der Waals surface area (Å²) in [6.07, 6.45) is 0. The molecule has 1 aliphatic rings. The summed E-state index contributed by atoms with van der Waals surface area (Å²) in [4.78, 5) is 18.2. The van der Waals surface area contributed by atoms with Crippen LogP contribution in [0.5, 0.6) is 17.2 Å². The Labute approximate surface area is 152 Å². The van der Waals surface area contributed by atoms with Gasteiger partial charge in [-0.15, -0.1) is 0 Å². The van der Waals surface area contributed by atoms with Crippen molar-refractivity contribution in [1.29, 1.82) is 0 Å². The van der Waals surface area contributed by atoms with Crippen LogP contribution in [0.4, 0.5) is 5.69 Å². The molecule has 136 valence electrons. The first-order chi connectivity index (χ1) is 12.6. The first-order valence-corrected chi connectivity index (χ1v) is 8.11. The number of amides is 1. The van der Waals surface area contributed by atoms with Crippen LogP contribution in [0.15, 0.2) is 47.5 Å². The maximum absolute atomic E-state index is 12.3. The van der Waals surface area contributed by atoms with Gasteiger partial charge in [-0.2, -0.15) is 0 Å². The molecule has 0 spiro atoms. The third kappa shape index (κ3) is 3.72. The molecule has 0 fully saturated rings. The topological polar surface area (TPSA) is 72.4 Å². The van der Waals surface area contributed by atoms with Gasteiger partial charge in [0.1, 0.15) is 23.8 Å². The zero-order valence-electron chi connectivity index (χ0n) is 15.0. The Morgan fingerprint density at radius 1 is 1.00 bits per heavy atom. The summed E-state index contributed by atoms with van der Waals surface area (Å²) >= 11 is 0. The summed E-state index contributed by atoms with van der Waals surface area (Å²) < 4.78 is 15.8. The molecule has 0 aliphatic carbocycles. The highest BCUT2D eigenvalue weighted by atomic mass is 16.5. The second-order valence-electron chi connectivity index (χ2n) is 5.66. The average molecular weight is 355 g/mol. The minimum Gasteiger partial charge on any atom is -0.497 e. The maximum atomic E-state index is 12.3. The highest BCUT2D eigenvalue weighted by Gasteiger charge is 2.26. The molecule has 1 aliphatic heterocycles. The zero-order chi connectivity index (χ0) is 18.5. The van der Waals surface area contributed by atoms with E-state index in [1.54, 1.807) is 32.3 Å². The van der Waals surface area contributed by atoms with Gasteiger partial charge in [-0.3, -0.25) is 9.69 Å². The molecule has 0 atom stereocenters. The second kappa shape index (κ2) is 7.77. The number of rotatable bonds is 6. The highest BCUT2D eigenvalue weighted by Crippen LogP contribution is 2.29. The minimum atomic E-state index is -0.0594. The number of carbonyl (C=O) groups is 1. The first kappa shape index (κ1) is 17.6. The Hall–Kier alpha value is -3.22. The molecule has 0 bridgehead atoms. The summed E-state index contributed by atoms with van der Waals surface area (Å²) in [6, 6.07) is 13.0. The van der Waals surface area contributed by atoms with Gasteiger partial charge in [-0.1, -0.05) is 12.1 Å². The van der Waals surface area contributed by atoms with Gasteiger partial charge in [0.2, 0.25) is 5.96 Å². The van der Waals surface area contributed by atoms with Gasteiger partial charge in [0.05, 0.1) is 33.6 Å². The van der Waals surface area contributed by atoms with E-state index >= 15 is 0 Å². The van der Waals surface area contributed by atoms with Gasteiger partial charge in [0, 0.05) is 6.07 Å². The predicted molar refractivity (Wildman–Crippen MR) is 99.0 cm³/mol. The molecule has 7 heteroatoms. The van der Waals surface area contributed by atoms with E-state index in [0.29, 0.717) is 29.7 Å². The van der Waals surface area contributed by atoms with Gasteiger partial charge in [0.25, 0.3) is 5.91 Å². The Balaban J connectivity index is 1.77. The molecule has 7 nitrogen and oxygen atoms in total. The molecule has 26 heavy (non-hydrogen) atoms. The van der Waals surface area contributed by atoms with Crippen molar-refractivity contribution in [3.63, 3.8) is 0 Å². The predicted octanol–water partition coefficient (Wildman–Crippen LogP) is 2.52. The van der Waals surface area contributed by atoms with E-state index in [1.165, 1.54) is 0 Å². The van der Waals surface area contributed by atoms with Crippen LogP contribution in [-0.2, 0) is 11.3 Å². The number of nitrogens with zero attached hydrogens (tertiary/aromatic N) is 2. The number of guanidine groups is 1. The quantitative estimate of drug-likeness (QED) is 0.862. The van der Waals surface area contributed by atoms with Gasteiger partial charge in [-0.25, -0.2) is 4.99 Å². The average Bonchev–Trinajstić information content (AvgIpc) is 3.02. The lowest BCUT2D eigenvalue weighted by Crippen LogP contribution is -2.36. The number of ether oxygens (including phenoxy) is 3. The largest absolute Gasteiger partial charge is 0.497 e. The number of hydrogen-bond acceptors (Lipinski definition) is 6. The lowest BCUT2D eigenvalue weighted by molar-refractivity contribution is -0.125. The number of methoxy groups -OCH3 is 3. The van der Waals surface area contributed by atoms with Crippen LogP contribution in [0.3, 0.4) is 0 Å². The van der Waals surface area contributed by atoms with E-state index in [-0.39, 0.29) is 12.5 Å². The SMILES string of the molecule is COc1ccc(CN2C(=O)CN=C2Nc2ccc(OC)cc2OC)cc1. The summed E-state index contributed by atoms with van der Waals surface area (Å²) in [7, 11) is 4.80. The summed E-state index contributed by atoms with van der Waals surface area (Å²) in [6.45, 7) is 0.546. The van der Waals surface area contributed by atoms with Crippen molar-refractivity contribution in [2.75, 3.05) is 33.2 Å². The van der Waals surface area contributed by atoms with Crippen molar-refractivity contribution in [3.8, 4) is 17.2 Å². The number of nitrogens with one attached hydrogen (secondary N) is 1. The standard InChI is InChI=1S/C19H21N3O4/c1-24-14-6-4-13(5-7-14)12-22-18(23)11-20-19(22)21-16-9-8-15(25-2)10-17(16)26-3/h4-10H,11-12H2,1-3H3,(H,20,21). The van der Waals surface area contributed by atoms with Crippen molar-refractivity contribution >= 4 is 17.6 Å². The number of hydrogen-bond donors (Lipinski definition) is 1. The maximum Gasteiger partial charge on any atom is 0.251 e. The molecular weight excluding hydrogens is 334 g/mol. The Morgan fingerprint density at radius 2 is 1.69 bits per heavy atom. The fourth-order valence-electron chi connectivity index (χ4n) is 2.64. The van der Waals surface area contributed by atoms with Crippen LogP contribution in [-0.4, -0.2) is 44.6 Å². The van der Waals surface area contributed by atoms with Crippen molar-refractivity contribution in [3.05, 3.63) is 48.0 Å². The third-order valence-electron chi connectivity index (χ3n) is 4.08. The fourth-order valence-corrected chi connectivity index (χ4v) is 2.64. The van der Waals surface area contributed by atoms with Gasteiger partial charge in [0.15, 0.2) is 0 Å². The molecule has 0 unspecified atom stereocenters. The van der Waals surface area contributed by atoms with Crippen molar-refractivity contribution in [1.82, 2.24) is 4.90 Å². The summed E-state index contributed by atoms with van der Waals surface area (Å²) in [5, 5.41) is 3.18. The molecule has 0 aromatic heterocycles. The van der Waals surface area contributed by atoms with E-state index in [2.05, 4.69) is 10.3 Å². The number of anilines is 1. The van der Waals surface area contributed by atoms with Crippen LogP contribution in [0.25, 0.3) is 0 Å². The van der Waals surface area contributed by atoms with Gasteiger partial charge < -0.3 is 19.5 Å². The first-order valence-electron chi connectivity index (χ1n) is 8.11. The molecule has 0 radical (unpaired) electrons. The van der Waals surface area contributed by atoms with Crippen LogP contribution in [0.1, 0.15) is 5.56 Å². The molecule has 2 aromatic rings. The van der Waals surface area contributed by atoms with E-state index < -0.39 is 0 Å². The van der Waals surface area contributed by atoms with Crippen molar-refractivity contribution in [2.24, 2.45) is 4.99 Å². The molecule has 1 N–H and O–H groups in total. The van der Waals surface area contributed by atoms with Gasteiger partial charge >= 0.3 is 0 Å². The van der Waals surface area contributed by atoms with Crippen molar-refractivity contribution < 1.29 is 19.0 Å². The molecule has 1 amide bonds. The second-order valence-corrected chi connectivity index (χ2v) is 5.66. The summed E-state index contributed by atoms with van der Waals surface area (Å²) in [5.41, 5.74) is 1.69. The van der Waals surface area contributed by atoms with E-state index in [4.69, 9.17) is 14.2 Å². The Kier molecular flexibility index (Phi) is 5.26. The smallest absolute Gasteiger partial charge is 0.251 e. The van der Waals surface area contributed by atoms with Crippen LogP contribution in [0.2, 0.25) is 0 Å². The van der Waals surface area contributed by atoms with Gasteiger partial charge in [-0.05, 0) is 29.8 Å². The van der Waals surface area contributed by atoms with Crippen LogP contribution in [0, 0.1) is 0 Å². The lowest BCUT2D eigenvalue weighted by atomic mass is 10.2. The van der Waals surface area contributed by atoms with Crippen molar-refractivity contribution in [2.45, 2.75) is 6.54 Å². The molecule has 3 rings (SSSR count). The number of aliphatic imine (C=N–C) groups is 1. The van der Waals surface area contributed by atoms with E-state index in [9.17, 15) is 4.79 Å². The Morgan fingerprint density at radius 3 is 2.35 bits per heavy atom. The minimum absolute atomic E-state index is 0.0594. The molecular formula is C19H21N3O4. The normalized spacial score (nSPS) is 13.4. The fraction of sp³-hybridized carbons (Fsp3) is 0.263. The third-order valence-corrected chi connectivity index (χ3v) is 4.08. The number of benzene rings is 2.